The number of hydrogen-bond donors (Lipinski definition) is 1. The Morgan fingerprint density at radius 3 is 2.82 bits per heavy atom. The summed E-state index contributed by atoms with van der Waals surface area (Å²) in [5, 5.41) is 3.85. The summed E-state index contributed by atoms with van der Waals surface area (Å²) in [6.07, 6.45) is 0. The molecule has 0 aliphatic carbocycles. The minimum atomic E-state index is 0.356. The van der Waals surface area contributed by atoms with Crippen molar-refractivity contribution in [1.82, 2.24) is 10.1 Å². The van der Waals surface area contributed by atoms with Gasteiger partial charge < -0.3 is 15.0 Å². The van der Waals surface area contributed by atoms with Crippen LogP contribution in [-0.2, 0) is 13.2 Å². The van der Waals surface area contributed by atoms with Crippen LogP contribution in [0.4, 0.5) is 0 Å². The highest BCUT2D eigenvalue weighted by molar-refractivity contribution is 5.29. The molecule has 90 valence electrons. The van der Waals surface area contributed by atoms with Gasteiger partial charge in [0.15, 0.2) is 0 Å². The predicted octanol–water partition coefficient (Wildman–Crippen LogP) is 1.72. The van der Waals surface area contributed by atoms with E-state index in [4.69, 9.17) is 15.0 Å². The highest BCUT2D eigenvalue weighted by Crippen LogP contribution is 2.17. The van der Waals surface area contributed by atoms with E-state index in [1.807, 2.05) is 32.0 Å². The maximum absolute atomic E-state index is 5.62. The Morgan fingerprint density at radius 1 is 1.35 bits per heavy atom. The monoisotopic (exact) mass is 233 g/mol. The third-order valence-corrected chi connectivity index (χ3v) is 2.32. The lowest BCUT2D eigenvalue weighted by Crippen LogP contribution is -2.05. The molecule has 2 aromatic rings. The van der Waals surface area contributed by atoms with E-state index in [1.165, 1.54) is 0 Å². The molecule has 0 bridgehead atoms. The van der Waals surface area contributed by atoms with Crippen molar-refractivity contribution in [1.29, 1.82) is 0 Å². The molecule has 0 aliphatic heterocycles. The van der Waals surface area contributed by atoms with Crippen LogP contribution in [-0.4, -0.2) is 10.1 Å². The van der Waals surface area contributed by atoms with Crippen LogP contribution >= 0.6 is 0 Å². The van der Waals surface area contributed by atoms with Crippen molar-refractivity contribution in [3.05, 3.63) is 41.0 Å². The zero-order valence-corrected chi connectivity index (χ0v) is 9.93. The van der Waals surface area contributed by atoms with Crippen molar-refractivity contribution >= 4 is 0 Å². The van der Waals surface area contributed by atoms with Crippen LogP contribution in [0.3, 0.4) is 0 Å². The molecule has 2 rings (SSSR count). The van der Waals surface area contributed by atoms with E-state index in [1.54, 1.807) is 0 Å². The third-order valence-electron chi connectivity index (χ3n) is 2.32. The summed E-state index contributed by atoms with van der Waals surface area (Å²) < 4.78 is 10.6. The van der Waals surface area contributed by atoms with Gasteiger partial charge in [0.05, 0.1) is 5.69 Å². The van der Waals surface area contributed by atoms with E-state index in [0.717, 1.165) is 22.8 Å². The Kier molecular flexibility index (Phi) is 3.39. The lowest BCUT2D eigenvalue weighted by atomic mass is 10.3. The van der Waals surface area contributed by atoms with E-state index < -0.39 is 0 Å². The summed E-state index contributed by atoms with van der Waals surface area (Å²) in [5.41, 5.74) is 8.05. The molecule has 0 aromatic carbocycles. The third kappa shape index (κ3) is 2.82. The molecule has 2 heterocycles. The molecule has 0 aliphatic rings. The van der Waals surface area contributed by atoms with E-state index in [2.05, 4.69) is 10.1 Å². The molecule has 2 N–H and O–H groups in total. The van der Waals surface area contributed by atoms with Gasteiger partial charge in [0, 0.05) is 18.3 Å². The van der Waals surface area contributed by atoms with Gasteiger partial charge in [-0.3, -0.25) is 4.98 Å². The number of nitrogens with zero attached hydrogens (tertiary/aromatic N) is 2. The van der Waals surface area contributed by atoms with Crippen molar-refractivity contribution in [2.24, 2.45) is 5.73 Å². The molecular formula is C12H15N3O2. The van der Waals surface area contributed by atoms with Crippen molar-refractivity contribution in [3.63, 3.8) is 0 Å². The van der Waals surface area contributed by atoms with Crippen molar-refractivity contribution < 1.29 is 9.26 Å². The summed E-state index contributed by atoms with van der Waals surface area (Å²) in [5.74, 6) is 1.46. The molecule has 0 saturated heterocycles. The van der Waals surface area contributed by atoms with Crippen LogP contribution in [0.15, 0.2) is 22.7 Å². The molecule has 0 spiro atoms. The number of aryl methyl sites for hydroxylation is 2. The molecular weight excluding hydrogens is 218 g/mol. The Bertz CT molecular complexity index is 508. The molecule has 0 atom stereocenters. The van der Waals surface area contributed by atoms with Crippen molar-refractivity contribution in [2.75, 3.05) is 0 Å². The zero-order chi connectivity index (χ0) is 12.3. The van der Waals surface area contributed by atoms with E-state index in [0.29, 0.717) is 18.9 Å². The predicted molar refractivity (Wildman–Crippen MR) is 62.4 cm³/mol. The largest absolute Gasteiger partial charge is 0.485 e. The van der Waals surface area contributed by atoms with Gasteiger partial charge in [-0.2, -0.15) is 0 Å². The van der Waals surface area contributed by atoms with Gasteiger partial charge in [0.1, 0.15) is 23.8 Å². The summed E-state index contributed by atoms with van der Waals surface area (Å²) in [6.45, 7) is 4.48. The topological polar surface area (TPSA) is 74.2 Å². The quantitative estimate of drug-likeness (QED) is 0.870. The zero-order valence-electron chi connectivity index (χ0n) is 9.93. The average molecular weight is 233 g/mol. The standard InChI is InChI=1S/C12H15N3O2/c1-8-3-4-12(11(6-13)14-8)16-7-10-5-9(2)17-15-10/h3-5H,6-7,13H2,1-2H3. The second-order valence-electron chi connectivity index (χ2n) is 3.82. The SMILES string of the molecule is Cc1ccc(OCc2cc(C)on2)c(CN)n1. The van der Waals surface area contributed by atoms with Crippen LogP contribution < -0.4 is 10.5 Å². The van der Waals surface area contributed by atoms with Gasteiger partial charge in [-0.15, -0.1) is 0 Å². The first-order chi connectivity index (χ1) is 8.19. The summed E-state index contributed by atoms with van der Waals surface area (Å²) in [4.78, 5) is 4.32. The van der Waals surface area contributed by atoms with Crippen molar-refractivity contribution in [3.8, 4) is 5.75 Å². The van der Waals surface area contributed by atoms with Crippen LogP contribution in [0.5, 0.6) is 5.75 Å². The maximum Gasteiger partial charge on any atom is 0.142 e. The van der Waals surface area contributed by atoms with Crippen LogP contribution in [0.25, 0.3) is 0 Å². The number of rotatable bonds is 4. The van der Waals surface area contributed by atoms with Crippen molar-refractivity contribution in [2.45, 2.75) is 27.0 Å². The van der Waals surface area contributed by atoms with Gasteiger partial charge in [0.2, 0.25) is 0 Å². The van der Waals surface area contributed by atoms with E-state index >= 15 is 0 Å². The molecule has 0 saturated carbocycles. The molecule has 0 amide bonds. The first kappa shape index (κ1) is 11.6. The molecule has 0 fully saturated rings. The molecule has 5 heteroatoms. The Labute approximate surface area is 99.6 Å². The molecule has 0 radical (unpaired) electrons. The number of aromatic nitrogens is 2. The number of pyridine rings is 1. The smallest absolute Gasteiger partial charge is 0.142 e. The average Bonchev–Trinajstić information content (AvgIpc) is 2.73. The summed E-state index contributed by atoms with van der Waals surface area (Å²) in [6, 6.07) is 5.60. The Hall–Kier alpha value is -1.88. The number of ether oxygens (including phenoxy) is 1. The van der Waals surface area contributed by atoms with Gasteiger partial charge in [-0.05, 0) is 26.0 Å². The number of nitrogens with two attached hydrogens (primary N) is 1. The highest BCUT2D eigenvalue weighted by Gasteiger charge is 2.06. The first-order valence-corrected chi connectivity index (χ1v) is 5.40. The van der Waals surface area contributed by atoms with Gasteiger partial charge in [-0.1, -0.05) is 5.16 Å². The molecule has 0 unspecified atom stereocenters. The fourth-order valence-electron chi connectivity index (χ4n) is 1.51. The Balaban J connectivity index is 2.08. The lowest BCUT2D eigenvalue weighted by molar-refractivity contribution is 0.283. The molecule has 2 aromatic heterocycles. The minimum Gasteiger partial charge on any atom is -0.485 e. The highest BCUT2D eigenvalue weighted by atomic mass is 16.5. The maximum atomic E-state index is 5.62. The van der Waals surface area contributed by atoms with Gasteiger partial charge in [-0.25, -0.2) is 0 Å². The van der Waals surface area contributed by atoms with E-state index in [-0.39, 0.29) is 0 Å². The van der Waals surface area contributed by atoms with Gasteiger partial charge in [0.25, 0.3) is 0 Å². The van der Waals surface area contributed by atoms with E-state index in [9.17, 15) is 0 Å². The van der Waals surface area contributed by atoms with Gasteiger partial charge >= 0.3 is 0 Å². The molecule has 17 heavy (non-hydrogen) atoms. The second kappa shape index (κ2) is 4.97. The van der Waals surface area contributed by atoms with Crippen LogP contribution in [0.2, 0.25) is 0 Å². The minimum absolute atomic E-state index is 0.356. The fraction of sp³-hybridized carbons (Fsp3) is 0.333. The summed E-state index contributed by atoms with van der Waals surface area (Å²) in [7, 11) is 0. The molecule has 5 nitrogen and oxygen atoms in total. The summed E-state index contributed by atoms with van der Waals surface area (Å²) >= 11 is 0. The normalized spacial score (nSPS) is 10.5. The van der Waals surface area contributed by atoms with Crippen LogP contribution in [0.1, 0.15) is 22.8 Å². The first-order valence-electron chi connectivity index (χ1n) is 5.40. The lowest BCUT2D eigenvalue weighted by Gasteiger charge is -2.08. The van der Waals surface area contributed by atoms with Crippen LogP contribution in [0, 0.1) is 13.8 Å². The fourth-order valence-corrected chi connectivity index (χ4v) is 1.51. The number of hydrogen-bond acceptors (Lipinski definition) is 5. The Morgan fingerprint density at radius 2 is 2.18 bits per heavy atom. The second-order valence-corrected chi connectivity index (χ2v) is 3.82.